The van der Waals surface area contributed by atoms with Crippen LogP contribution in [-0.2, 0) is 6.42 Å². The third-order valence-corrected chi connectivity index (χ3v) is 3.73. The number of rotatable bonds is 6. The minimum Gasteiger partial charge on any atom is -0.489 e. The van der Waals surface area contributed by atoms with Crippen LogP contribution >= 0.6 is 0 Å². The maximum Gasteiger partial charge on any atom is 0.170 e. The van der Waals surface area contributed by atoms with Crippen molar-refractivity contribution in [3.63, 3.8) is 0 Å². The Kier molecular flexibility index (Phi) is 5.16. The van der Waals surface area contributed by atoms with Gasteiger partial charge in [0.1, 0.15) is 25.6 Å². The average molecular weight is 324 g/mol. The third-order valence-electron chi connectivity index (χ3n) is 3.73. The smallest absolute Gasteiger partial charge is 0.170 e. The summed E-state index contributed by atoms with van der Waals surface area (Å²) >= 11 is 0. The van der Waals surface area contributed by atoms with Crippen LogP contribution in [0.25, 0.3) is 0 Å². The molecular formula is C20H20O4. The molecule has 0 amide bonds. The molecular weight excluding hydrogens is 304 g/mol. The molecule has 124 valence electrons. The van der Waals surface area contributed by atoms with Gasteiger partial charge in [-0.05, 0) is 36.8 Å². The number of para-hydroxylation sites is 1. The highest BCUT2D eigenvalue weighted by Crippen LogP contribution is 2.31. The van der Waals surface area contributed by atoms with Crippen molar-refractivity contribution in [3.05, 3.63) is 65.7 Å². The second-order valence-corrected chi connectivity index (χ2v) is 5.45. The summed E-state index contributed by atoms with van der Waals surface area (Å²) in [6.07, 6.45) is 4.11. The maximum absolute atomic E-state index is 12.7. The number of allylic oxidation sites excluding steroid dienone is 1. The summed E-state index contributed by atoms with van der Waals surface area (Å²) in [5.74, 6) is 2.05. The van der Waals surface area contributed by atoms with Gasteiger partial charge < -0.3 is 14.2 Å². The lowest BCUT2D eigenvalue weighted by Crippen LogP contribution is -2.15. The molecule has 0 radical (unpaired) electrons. The molecule has 1 heterocycles. The van der Waals surface area contributed by atoms with E-state index >= 15 is 0 Å². The van der Waals surface area contributed by atoms with Crippen molar-refractivity contribution in [2.45, 2.75) is 13.3 Å². The number of Topliss-reactive ketones (excluding diaryl/α,β-unsaturated/α-hetero) is 1. The molecule has 0 saturated heterocycles. The van der Waals surface area contributed by atoms with E-state index < -0.39 is 0 Å². The number of benzene rings is 2. The predicted octanol–water partition coefficient (Wildman–Crippen LogP) is 3.84. The lowest BCUT2D eigenvalue weighted by atomic mass is 10.0. The van der Waals surface area contributed by atoms with Gasteiger partial charge in [0, 0.05) is 6.42 Å². The molecule has 3 rings (SSSR count). The van der Waals surface area contributed by atoms with Crippen molar-refractivity contribution in [3.8, 4) is 17.2 Å². The quantitative estimate of drug-likeness (QED) is 0.598. The van der Waals surface area contributed by atoms with E-state index in [2.05, 4.69) is 0 Å². The zero-order valence-corrected chi connectivity index (χ0v) is 13.7. The summed E-state index contributed by atoms with van der Waals surface area (Å²) < 4.78 is 16.8. The minimum atomic E-state index is 0.0164. The van der Waals surface area contributed by atoms with E-state index in [0.717, 1.165) is 11.3 Å². The van der Waals surface area contributed by atoms with E-state index in [9.17, 15) is 4.79 Å². The summed E-state index contributed by atoms with van der Waals surface area (Å²) in [6.45, 7) is 3.47. The molecule has 4 heteroatoms. The zero-order chi connectivity index (χ0) is 16.8. The minimum absolute atomic E-state index is 0.0164. The van der Waals surface area contributed by atoms with Crippen LogP contribution in [0.15, 0.2) is 54.6 Å². The van der Waals surface area contributed by atoms with Crippen molar-refractivity contribution < 1.29 is 19.0 Å². The lowest BCUT2D eigenvalue weighted by molar-refractivity contribution is 0.0989. The molecule has 0 aromatic heterocycles. The van der Waals surface area contributed by atoms with Gasteiger partial charge in [-0.25, -0.2) is 0 Å². The lowest BCUT2D eigenvalue weighted by Gasteiger charge is -2.18. The molecule has 0 saturated carbocycles. The highest BCUT2D eigenvalue weighted by molar-refractivity contribution is 6.00. The summed E-state index contributed by atoms with van der Waals surface area (Å²) in [5, 5.41) is 0. The Morgan fingerprint density at radius 3 is 2.75 bits per heavy atom. The highest BCUT2D eigenvalue weighted by Gasteiger charge is 2.16. The van der Waals surface area contributed by atoms with Crippen LogP contribution in [0.3, 0.4) is 0 Å². The molecule has 4 nitrogen and oxygen atoms in total. The Morgan fingerprint density at radius 2 is 1.92 bits per heavy atom. The van der Waals surface area contributed by atoms with Crippen LogP contribution in [-0.4, -0.2) is 25.6 Å². The monoisotopic (exact) mass is 324 g/mol. The second kappa shape index (κ2) is 7.68. The van der Waals surface area contributed by atoms with Crippen molar-refractivity contribution in [1.29, 1.82) is 0 Å². The molecule has 1 aliphatic heterocycles. The zero-order valence-electron chi connectivity index (χ0n) is 13.7. The Hall–Kier alpha value is -2.75. The van der Waals surface area contributed by atoms with Crippen LogP contribution < -0.4 is 14.2 Å². The van der Waals surface area contributed by atoms with Crippen molar-refractivity contribution in [2.75, 3.05) is 19.8 Å². The normalized spacial score (nSPS) is 13.0. The molecule has 0 N–H and O–H groups in total. The van der Waals surface area contributed by atoms with Crippen molar-refractivity contribution in [1.82, 2.24) is 0 Å². The molecule has 24 heavy (non-hydrogen) atoms. The summed E-state index contributed by atoms with van der Waals surface area (Å²) in [7, 11) is 0. The van der Waals surface area contributed by atoms with Gasteiger partial charge in [-0.15, -0.1) is 0 Å². The number of carbonyl (C=O) groups excluding carboxylic acids is 1. The van der Waals surface area contributed by atoms with Gasteiger partial charge in [-0.2, -0.15) is 0 Å². The van der Waals surface area contributed by atoms with Gasteiger partial charge in [0.2, 0.25) is 0 Å². The SMILES string of the molecule is C/C=C\COc1ccccc1C(=O)Cc1ccc2c(c1)OCCO2. The first-order valence-electron chi connectivity index (χ1n) is 8.02. The first-order valence-corrected chi connectivity index (χ1v) is 8.02. The van der Waals surface area contributed by atoms with Crippen molar-refractivity contribution >= 4 is 5.78 Å². The van der Waals surface area contributed by atoms with E-state index in [1.54, 1.807) is 6.07 Å². The van der Waals surface area contributed by atoms with Gasteiger partial charge in [-0.1, -0.05) is 30.4 Å². The molecule has 0 aliphatic carbocycles. The molecule has 2 aromatic rings. The Labute approximate surface area is 141 Å². The van der Waals surface area contributed by atoms with E-state index in [1.165, 1.54) is 0 Å². The average Bonchev–Trinajstić information content (AvgIpc) is 2.62. The summed E-state index contributed by atoms with van der Waals surface area (Å²) in [6, 6.07) is 13.0. The van der Waals surface area contributed by atoms with E-state index in [-0.39, 0.29) is 5.78 Å². The molecule has 1 aliphatic rings. The first kappa shape index (κ1) is 16.1. The summed E-state index contributed by atoms with van der Waals surface area (Å²) in [4.78, 5) is 12.7. The van der Waals surface area contributed by atoms with Gasteiger partial charge in [0.25, 0.3) is 0 Å². The van der Waals surface area contributed by atoms with Crippen LogP contribution in [0.1, 0.15) is 22.8 Å². The van der Waals surface area contributed by atoms with E-state index in [4.69, 9.17) is 14.2 Å². The Balaban J connectivity index is 1.75. The summed E-state index contributed by atoms with van der Waals surface area (Å²) in [5.41, 5.74) is 1.49. The fourth-order valence-electron chi connectivity index (χ4n) is 2.54. The molecule has 0 atom stereocenters. The molecule has 0 unspecified atom stereocenters. The van der Waals surface area contributed by atoms with Crippen LogP contribution in [0.2, 0.25) is 0 Å². The standard InChI is InChI=1S/C20H20O4/c1-2-3-10-22-18-7-5-4-6-16(18)17(21)13-15-8-9-19-20(14-15)24-12-11-23-19/h2-9,14H,10-13H2,1H3/b3-2-. The topological polar surface area (TPSA) is 44.8 Å². The molecule has 0 bridgehead atoms. The number of fused-ring (bicyclic) bond motifs is 1. The Bertz CT molecular complexity index is 749. The predicted molar refractivity (Wildman–Crippen MR) is 92.2 cm³/mol. The number of hydrogen-bond acceptors (Lipinski definition) is 4. The van der Waals surface area contributed by atoms with Crippen LogP contribution in [0.4, 0.5) is 0 Å². The second-order valence-electron chi connectivity index (χ2n) is 5.45. The fraction of sp³-hybridized carbons (Fsp3) is 0.250. The van der Waals surface area contributed by atoms with Crippen LogP contribution in [0.5, 0.6) is 17.2 Å². The van der Waals surface area contributed by atoms with E-state index in [0.29, 0.717) is 43.3 Å². The number of ketones is 1. The molecule has 0 fully saturated rings. The largest absolute Gasteiger partial charge is 0.489 e. The van der Waals surface area contributed by atoms with Crippen LogP contribution in [0, 0.1) is 0 Å². The Morgan fingerprint density at radius 1 is 1.12 bits per heavy atom. The third kappa shape index (κ3) is 3.77. The van der Waals surface area contributed by atoms with Gasteiger partial charge >= 0.3 is 0 Å². The van der Waals surface area contributed by atoms with E-state index in [1.807, 2.05) is 55.5 Å². The highest BCUT2D eigenvalue weighted by atomic mass is 16.6. The van der Waals surface area contributed by atoms with Crippen molar-refractivity contribution in [2.24, 2.45) is 0 Å². The number of carbonyl (C=O) groups is 1. The first-order chi connectivity index (χ1) is 11.8. The number of hydrogen-bond donors (Lipinski definition) is 0. The van der Waals surface area contributed by atoms with Gasteiger partial charge in [0.05, 0.1) is 5.56 Å². The maximum atomic E-state index is 12.7. The number of ether oxygens (including phenoxy) is 3. The van der Waals surface area contributed by atoms with Gasteiger partial charge in [-0.3, -0.25) is 4.79 Å². The molecule has 0 spiro atoms. The molecule has 2 aromatic carbocycles. The van der Waals surface area contributed by atoms with Gasteiger partial charge in [0.15, 0.2) is 17.3 Å². The fourth-order valence-corrected chi connectivity index (χ4v) is 2.54.